The number of amides is 1. The Kier molecular flexibility index (Phi) is 3.01. The number of aromatic nitrogens is 2. The van der Waals surface area contributed by atoms with E-state index < -0.39 is 0 Å². The van der Waals surface area contributed by atoms with E-state index in [1.54, 1.807) is 6.07 Å². The lowest BCUT2D eigenvalue weighted by Gasteiger charge is -1.95. The first-order chi connectivity index (χ1) is 8.63. The highest BCUT2D eigenvalue weighted by atomic mass is 35.5. The molecule has 1 aliphatic rings. The number of nitrogens with zero attached hydrogens (tertiary/aromatic N) is 2. The largest absolute Gasteiger partial charge is 0.403 e. The monoisotopic (exact) mass is 303 g/mol. The number of halogens is 2. The van der Waals surface area contributed by atoms with Crippen molar-refractivity contribution < 1.29 is 9.21 Å². The Hall–Kier alpha value is -1.11. The van der Waals surface area contributed by atoms with Gasteiger partial charge in [-0.05, 0) is 18.9 Å². The molecule has 5 nitrogen and oxygen atoms in total. The molecular formula is C10H7Cl2N3O2S. The predicted octanol–water partition coefficient (Wildman–Crippen LogP) is 3.45. The molecule has 94 valence electrons. The van der Waals surface area contributed by atoms with Gasteiger partial charge in [0.15, 0.2) is 0 Å². The molecule has 0 atom stereocenters. The first-order valence-corrected chi connectivity index (χ1v) is 6.80. The van der Waals surface area contributed by atoms with Crippen LogP contribution in [-0.2, 0) is 4.79 Å². The fraction of sp³-hybridized carbons (Fsp3) is 0.300. The van der Waals surface area contributed by atoms with E-state index in [1.165, 1.54) is 11.3 Å². The summed E-state index contributed by atoms with van der Waals surface area (Å²) in [4.78, 5) is 11.5. The molecule has 3 rings (SSSR count). The van der Waals surface area contributed by atoms with E-state index >= 15 is 0 Å². The van der Waals surface area contributed by atoms with Gasteiger partial charge in [-0.1, -0.05) is 28.3 Å². The van der Waals surface area contributed by atoms with Gasteiger partial charge in [-0.25, -0.2) is 0 Å². The van der Waals surface area contributed by atoms with Gasteiger partial charge in [0.1, 0.15) is 4.34 Å². The molecule has 0 saturated heterocycles. The molecule has 2 heterocycles. The third-order valence-electron chi connectivity index (χ3n) is 2.49. The fourth-order valence-electron chi connectivity index (χ4n) is 1.42. The summed E-state index contributed by atoms with van der Waals surface area (Å²) < 4.78 is 6.34. The molecule has 1 N–H and O–H groups in total. The van der Waals surface area contributed by atoms with E-state index in [9.17, 15) is 4.79 Å². The zero-order chi connectivity index (χ0) is 12.7. The van der Waals surface area contributed by atoms with Crippen LogP contribution in [-0.4, -0.2) is 16.1 Å². The first-order valence-electron chi connectivity index (χ1n) is 5.23. The van der Waals surface area contributed by atoms with Crippen molar-refractivity contribution in [2.45, 2.75) is 12.8 Å². The maximum atomic E-state index is 11.5. The van der Waals surface area contributed by atoms with Crippen LogP contribution in [0, 0.1) is 5.92 Å². The maximum absolute atomic E-state index is 11.5. The van der Waals surface area contributed by atoms with Crippen molar-refractivity contribution in [2.24, 2.45) is 5.92 Å². The number of rotatable bonds is 3. The van der Waals surface area contributed by atoms with Crippen LogP contribution in [0.3, 0.4) is 0 Å². The topological polar surface area (TPSA) is 68.0 Å². The predicted molar refractivity (Wildman–Crippen MR) is 69.0 cm³/mol. The number of hydrogen-bond acceptors (Lipinski definition) is 5. The van der Waals surface area contributed by atoms with Crippen LogP contribution in [0.2, 0.25) is 8.67 Å². The molecule has 2 aromatic heterocycles. The van der Waals surface area contributed by atoms with Gasteiger partial charge in [0.25, 0.3) is 5.89 Å². The van der Waals surface area contributed by atoms with Gasteiger partial charge in [-0.3, -0.25) is 10.1 Å². The van der Waals surface area contributed by atoms with E-state index in [4.69, 9.17) is 27.6 Å². The van der Waals surface area contributed by atoms with E-state index in [2.05, 4.69) is 15.5 Å². The van der Waals surface area contributed by atoms with Crippen LogP contribution < -0.4 is 5.32 Å². The first kappa shape index (κ1) is 12.0. The van der Waals surface area contributed by atoms with Crippen molar-refractivity contribution in [3.8, 4) is 11.5 Å². The lowest BCUT2D eigenvalue weighted by atomic mass is 10.3. The standard InChI is InChI=1S/C10H7Cl2N3O2S/c11-6-3-5(7(12)18-6)9-14-15-10(17-9)13-8(16)4-1-2-4/h3-4H,1-2H2,(H,13,15,16). The molecule has 0 bridgehead atoms. The van der Waals surface area contributed by atoms with Gasteiger partial charge < -0.3 is 4.42 Å². The van der Waals surface area contributed by atoms with Gasteiger partial charge in [0, 0.05) is 5.92 Å². The number of carbonyl (C=O) groups excluding carboxylic acids is 1. The summed E-state index contributed by atoms with van der Waals surface area (Å²) in [5.74, 6) is 0.244. The second-order valence-electron chi connectivity index (χ2n) is 3.91. The van der Waals surface area contributed by atoms with Crippen molar-refractivity contribution in [1.29, 1.82) is 0 Å². The lowest BCUT2D eigenvalue weighted by Crippen LogP contribution is -2.13. The number of nitrogens with one attached hydrogen (secondary N) is 1. The van der Waals surface area contributed by atoms with Gasteiger partial charge >= 0.3 is 6.01 Å². The Morgan fingerprint density at radius 1 is 1.44 bits per heavy atom. The molecule has 0 unspecified atom stereocenters. The summed E-state index contributed by atoms with van der Waals surface area (Å²) in [6, 6.07) is 1.73. The van der Waals surface area contributed by atoms with E-state index in [-0.39, 0.29) is 23.7 Å². The highest BCUT2D eigenvalue weighted by Crippen LogP contribution is 2.38. The summed E-state index contributed by atoms with van der Waals surface area (Å²) in [7, 11) is 0. The van der Waals surface area contributed by atoms with Crippen LogP contribution in [0.5, 0.6) is 0 Å². The summed E-state index contributed by atoms with van der Waals surface area (Å²) in [6.45, 7) is 0. The van der Waals surface area contributed by atoms with Gasteiger partial charge in [0.2, 0.25) is 5.91 Å². The van der Waals surface area contributed by atoms with Crippen molar-refractivity contribution in [1.82, 2.24) is 10.2 Å². The minimum atomic E-state index is -0.0837. The van der Waals surface area contributed by atoms with Crippen molar-refractivity contribution in [3.63, 3.8) is 0 Å². The number of carbonyl (C=O) groups is 1. The van der Waals surface area contributed by atoms with Crippen LogP contribution in [0.25, 0.3) is 11.5 Å². The van der Waals surface area contributed by atoms with Crippen molar-refractivity contribution >= 4 is 46.5 Å². The average Bonchev–Trinajstić information content (AvgIpc) is 2.99. The molecule has 1 amide bonds. The molecule has 1 aliphatic carbocycles. The highest BCUT2D eigenvalue weighted by Gasteiger charge is 2.30. The van der Waals surface area contributed by atoms with Crippen LogP contribution >= 0.6 is 34.5 Å². The van der Waals surface area contributed by atoms with Gasteiger partial charge in [0.05, 0.1) is 9.90 Å². The quantitative estimate of drug-likeness (QED) is 0.943. The zero-order valence-electron chi connectivity index (χ0n) is 8.94. The minimum absolute atomic E-state index is 0.0829. The Morgan fingerprint density at radius 3 is 2.83 bits per heavy atom. The van der Waals surface area contributed by atoms with E-state index in [1.807, 2.05) is 0 Å². The fourth-order valence-corrected chi connectivity index (χ4v) is 2.87. The van der Waals surface area contributed by atoms with E-state index in [0.29, 0.717) is 14.2 Å². The molecule has 0 radical (unpaired) electrons. The third kappa shape index (κ3) is 2.36. The Morgan fingerprint density at radius 2 is 2.22 bits per heavy atom. The van der Waals surface area contributed by atoms with Gasteiger partial charge in [-0.15, -0.1) is 16.4 Å². The molecule has 18 heavy (non-hydrogen) atoms. The number of anilines is 1. The molecule has 1 saturated carbocycles. The minimum Gasteiger partial charge on any atom is -0.403 e. The van der Waals surface area contributed by atoms with Crippen LogP contribution in [0.4, 0.5) is 6.01 Å². The molecule has 0 spiro atoms. The van der Waals surface area contributed by atoms with Gasteiger partial charge in [-0.2, -0.15) is 0 Å². The molecular weight excluding hydrogens is 297 g/mol. The SMILES string of the molecule is O=C(Nc1nnc(-c2cc(Cl)sc2Cl)o1)C1CC1. The van der Waals surface area contributed by atoms with Crippen molar-refractivity contribution in [2.75, 3.05) is 5.32 Å². The van der Waals surface area contributed by atoms with Crippen LogP contribution in [0.15, 0.2) is 10.5 Å². The van der Waals surface area contributed by atoms with Crippen LogP contribution in [0.1, 0.15) is 12.8 Å². The van der Waals surface area contributed by atoms with E-state index in [0.717, 1.165) is 12.8 Å². The summed E-state index contributed by atoms with van der Waals surface area (Å²) in [5, 5.41) is 10.1. The summed E-state index contributed by atoms with van der Waals surface area (Å²) in [5.41, 5.74) is 0.575. The smallest absolute Gasteiger partial charge is 0.322 e. The Balaban J connectivity index is 1.80. The number of hydrogen-bond donors (Lipinski definition) is 1. The summed E-state index contributed by atoms with van der Waals surface area (Å²) >= 11 is 13.0. The normalized spacial score (nSPS) is 14.8. The molecule has 0 aliphatic heterocycles. The average molecular weight is 304 g/mol. The summed E-state index contributed by atoms with van der Waals surface area (Å²) in [6.07, 6.45) is 1.83. The molecule has 0 aromatic carbocycles. The maximum Gasteiger partial charge on any atom is 0.322 e. The Bertz CT molecular complexity index is 606. The number of thiophene rings is 1. The molecule has 2 aromatic rings. The Labute approximate surface area is 116 Å². The lowest BCUT2D eigenvalue weighted by molar-refractivity contribution is -0.117. The van der Waals surface area contributed by atoms with Crippen molar-refractivity contribution in [3.05, 3.63) is 14.7 Å². The molecule has 1 fully saturated rings. The second-order valence-corrected chi connectivity index (χ2v) is 6.20. The third-order valence-corrected chi connectivity index (χ3v) is 3.98. The second kappa shape index (κ2) is 4.53. The highest BCUT2D eigenvalue weighted by molar-refractivity contribution is 7.20. The molecule has 8 heteroatoms. The zero-order valence-corrected chi connectivity index (χ0v) is 11.3.